The third kappa shape index (κ3) is 3.85. The molecule has 1 aliphatic rings. The van der Waals surface area contributed by atoms with Gasteiger partial charge in [0.1, 0.15) is 11.2 Å². The standard InChI is InChI=1S/C41H26N2O2S/c1-4-13-36-28(8-1)31-11-7-12-35(40(31)44-36)43(27-20-23-39-33(24-27)30-10-3-6-15-38(30)46-39)26-18-16-25(17-19-26)34-22-21-32-29-9-2-5-14-37(29)45-41(32)42-34/h1-24,34,42H. The summed E-state index contributed by atoms with van der Waals surface area (Å²) in [6.45, 7) is 0. The van der Waals surface area contributed by atoms with Crippen LogP contribution in [0.5, 0.6) is 0 Å². The minimum atomic E-state index is 0.00267. The molecule has 1 N–H and O–H groups in total. The Morgan fingerprint density at radius 2 is 1.26 bits per heavy atom. The highest BCUT2D eigenvalue weighted by Gasteiger charge is 2.23. The molecule has 0 amide bonds. The van der Waals surface area contributed by atoms with Crippen LogP contribution in [0, 0.1) is 0 Å². The summed E-state index contributed by atoms with van der Waals surface area (Å²) in [6, 6.07) is 47.1. The van der Waals surface area contributed by atoms with Crippen molar-refractivity contribution in [1.29, 1.82) is 0 Å². The zero-order valence-electron chi connectivity index (χ0n) is 24.6. The van der Waals surface area contributed by atoms with Gasteiger partial charge < -0.3 is 19.1 Å². The molecule has 10 rings (SSSR count). The largest absolute Gasteiger partial charge is 0.454 e. The molecule has 1 aliphatic heterocycles. The summed E-state index contributed by atoms with van der Waals surface area (Å²) < 4.78 is 15.3. The van der Waals surface area contributed by atoms with Crippen molar-refractivity contribution in [2.75, 3.05) is 10.2 Å². The molecular weight excluding hydrogens is 585 g/mol. The number of hydrogen-bond donors (Lipinski definition) is 1. The van der Waals surface area contributed by atoms with Crippen LogP contribution in [0.4, 0.5) is 22.9 Å². The Bertz CT molecular complexity index is 2640. The molecule has 3 aromatic heterocycles. The number of hydrogen-bond acceptors (Lipinski definition) is 5. The quantitative estimate of drug-likeness (QED) is 0.215. The van der Waals surface area contributed by atoms with Crippen LogP contribution in [0.1, 0.15) is 17.2 Å². The molecule has 0 saturated carbocycles. The minimum absolute atomic E-state index is 0.00267. The maximum absolute atomic E-state index is 6.56. The Morgan fingerprint density at radius 3 is 2.13 bits per heavy atom. The number of fused-ring (bicyclic) bond motifs is 9. The average Bonchev–Trinajstić information content (AvgIpc) is 3.80. The van der Waals surface area contributed by atoms with Crippen molar-refractivity contribution in [3.63, 3.8) is 0 Å². The van der Waals surface area contributed by atoms with E-state index in [4.69, 9.17) is 8.83 Å². The predicted molar refractivity (Wildman–Crippen MR) is 193 cm³/mol. The molecule has 0 saturated heterocycles. The molecule has 5 heteroatoms. The lowest BCUT2D eigenvalue weighted by Crippen LogP contribution is -2.13. The molecule has 0 aliphatic carbocycles. The zero-order valence-corrected chi connectivity index (χ0v) is 25.4. The topological polar surface area (TPSA) is 41.6 Å². The van der Waals surface area contributed by atoms with Gasteiger partial charge in [-0.1, -0.05) is 91.0 Å². The van der Waals surface area contributed by atoms with Gasteiger partial charge in [0.05, 0.1) is 11.7 Å². The summed E-state index contributed by atoms with van der Waals surface area (Å²) in [7, 11) is 0. The van der Waals surface area contributed by atoms with E-state index in [1.54, 1.807) is 0 Å². The highest BCUT2D eigenvalue weighted by atomic mass is 32.1. The first-order chi connectivity index (χ1) is 22.8. The van der Waals surface area contributed by atoms with Crippen LogP contribution in [0.15, 0.2) is 148 Å². The number of para-hydroxylation sites is 3. The highest BCUT2D eigenvalue weighted by molar-refractivity contribution is 7.25. The summed E-state index contributed by atoms with van der Waals surface area (Å²) in [5.74, 6) is 0.812. The zero-order chi connectivity index (χ0) is 30.2. The highest BCUT2D eigenvalue weighted by Crippen LogP contribution is 2.45. The third-order valence-corrected chi connectivity index (χ3v) is 10.3. The molecule has 0 bridgehead atoms. The van der Waals surface area contributed by atoms with Crippen molar-refractivity contribution >= 4 is 93.4 Å². The summed E-state index contributed by atoms with van der Waals surface area (Å²) in [5, 5.41) is 9.50. The summed E-state index contributed by atoms with van der Waals surface area (Å²) in [4.78, 5) is 2.32. The fourth-order valence-electron chi connectivity index (χ4n) is 6.93. The Balaban J connectivity index is 1.11. The van der Waals surface area contributed by atoms with E-state index < -0.39 is 0 Å². The van der Waals surface area contributed by atoms with Crippen molar-refractivity contribution in [1.82, 2.24) is 0 Å². The van der Waals surface area contributed by atoms with Crippen molar-refractivity contribution < 1.29 is 8.83 Å². The normalized spacial score (nSPS) is 14.4. The first-order valence-electron chi connectivity index (χ1n) is 15.5. The van der Waals surface area contributed by atoms with Crippen LogP contribution >= 0.6 is 11.3 Å². The molecule has 6 aromatic carbocycles. The lowest BCUT2D eigenvalue weighted by atomic mass is 10.0. The molecule has 9 aromatic rings. The summed E-state index contributed by atoms with van der Waals surface area (Å²) in [5.41, 5.74) is 8.06. The molecule has 4 nitrogen and oxygen atoms in total. The van der Waals surface area contributed by atoms with Gasteiger partial charge in [0.15, 0.2) is 5.58 Å². The van der Waals surface area contributed by atoms with Crippen molar-refractivity contribution in [2.24, 2.45) is 0 Å². The molecule has 218 valence electrons. The number of benzene rings is 6. The van der Waals surface area contributed by atoms with Gasteiger partial charge in [0.25, 0.3) is 0 Å². The molecule has 1 atom stereocenters. The second-order valence-corrected chi connectivity index (χ2v) is 12.9. The maximum atomic E-state index is 6.56. The van der Waals surface area contributed by atoms with Crippen LogP contribution in [0.3, 0.4) is 0 Å². The van der Waals surface area contributed by atoms with Gasteiger partial charge in [0, 0.05) is 53.3 Å². The van der Waals surface area contributed by atoms with Gasteiger partial charge >= 0.3 is 0 Å². The molecule has 4 heterocycles. The fraction of sp³-hybridized carbons (Fsp3) is 0.0244. The number of nitrogens with one attached hydrogen (secondary N) is 1. The van der Waals surface area contributed by atoms with E-state index in [2.05, 4.69) is 125 Å². The Kier molecular flexibility index (Phi) is 5.47. The van der Waals surface area contributed by atoms with Crippen LogP contribution < -0.4 is 10.2 Å². The summed E-state index contributed by atoms with van der Waals surface area (Å²) in [6.07, 6.45) is 4.38. The molecule has 0 fully saturated rings. The second kappa shape index (κ2) is 9.86. The van der Waals surface area contributed by atoms with Gasteiger partial charge in [-0.3, -0.25) is 0 Å². The summed E-state index contributed by atoms with van der Waals surface area (Å²) >= 11 is 1.84. The first kappa shape index (κ1) is 25.5. The van der Waals surface area contributed by atoms with E-state index in [1.165, 1.54) is 20.2 Å². The van der Waals surface area contributed by atoms with E-state index in [-0.39, 0.29) is 6.04 Å². The van der Waals surface area contributed by atoms with E-state index >= 15 is 0 Å². The van der Waals surface area contributed by atoms with Crippen LogP contribution in [0.25, 0.3) is 59.2 Å². The van der Waals surface area contributed by atoms with E-state index in [0.717, 1.165) is 67.0 Å². The number of anilines is 4. The van der Waals surface area contributed by atoms with Gasteiger partial charge in [-0.25, -0.2) is 0 Å². The monoisotopic (exact) mass is 610 g/mol. The van der Waals surface area contributed by atoms with Crippen LogP contribution in [0.2, 0.25) is 0 Å². The van der Waals surface area contributed by atoms with Crippen LogP contribution in [-0.2, 0) is 0 Å². The third-order valence-electron chi connectivity index (χ3n) is 9.13. The number of nitrogens with zero attached hydrogens (tertiary/aromatic N) is 1. The number of thiophene rings is 1. The number of rotatable bonds is 4. The van der Waals surface area contributed by atoms with Gasteiger partial charge in [-0.15, -0.1) is 11.3 Å². The number of furan rings is 2. The Morgan fingerprint density at radius 1 is 0.565 bits per heavy atom. The lowest BCUT2D eigenvalue weighted by molar-refractivity contribution is 0.619. The SMILES string of the molecule is C1=CC(c2ccc(N(c3ccc4sc5ccccc5c4c3)c3cccc4c3oc3ccccc34)cc2)Nc2oc3ccccc3c21. The van der Waals surface area contributed by atoms with E-state index in [0.29, 0.717) is 0 Å². The van der Waals surface area contributed by atoms with E-state index in [9.17, 15) is 0 Å². The average molecular weight is 611 g/mol. The molecular formula is C41H26N2O2S. The molecule has 0 radical (unpaired) electrons. The Hall–Kier alpha value is -5.78. The van der Waals surface area contributed by atoms with Gasteiger partial charge in [-0.2, -0.15) is 0 Å². The first-order valence-corrected chi connectivity index (χ1v) is 16.3. The smallest absolute Gasteiger partial charge is 0.202 e. The van der Waals surface area contributed by atoms with Crippen molar-refractivity contribution in [3.05, 3.63) is 151 Å². The van der Waals surface area contributed by atoms with Gasteiger partial charge in [0.2, 0.25) is 5.88 Å². The van der Waals surface area contributed by atoms with Gasteiger partial charge in [-0.05, 0) is 60.2 Å². The molecule has 0 spiro atoms. The van der Waals surface area contributed by atoms with Crippen LogP contribution in [-0.4, -0.2) is 0 Å². The fourth-order valence-corrected chi connectivity index (χ4v) is 8.02. The van der Waals surface area contributed by atoms with E-state index in [1.807, 2.05) is 41.7 Å². The Labute approximate surface area is 268 Å². The second-order valence-electron chi connectivity index (χ2n) is 11.8. The maximum Gasteiger partial charge on any atom is 0.202 e. The lowest BCUT2D eigenvalue weighted by Gasteiger charge is -2.26. The molecule has 1 unspecified atom stereocenters. The predicted octanol–water partition coefficient (Wildman–Crippen LogP) is 12.3. The molecule has 46 heavy (non-hydrogen) atoms. The minimum Gasteiger partial charge on any atom is -0.454 e. The van der Waals surface area contributed by atoms with Crippen molar-refractivity contribution in [3.8, 4) is 0 Å². The van der Waals surface area contributed by atoms with Crippen molar-refractivity contribution in [2.45, 2.75) is 6.04 Å².